The Morgan fingerprint density at radius 2 is 1.62 bits per heavy atom. The maximum atomic E-state index is 9.97. The van der Waals surface area contributed by atoms with E-state index in [2.05, 4.69) is 15.0 Å². The van der Waals surface area contributed by atoms with Crippen molar-refractivity contribution >= 4 is 48.7 Å². The summed E-state index contributed by atoms with van der Waals surface area (Å²) in [5, 5.41) is 15.6. The Morgan fingerprint density at radius 3 is 1.81 bits per heavy atom. The summed E-state index contributed by atoms with van der Waals surface area (Å²) in [6, 6.07) is 0. The van der Waals surface area contributed by atoms with Crippen LogP contribution in [-0.4, -0.2) is 34.8 Å². The zero-order valence-corrected chi connectivity index (χ0v) is 18.5. The first kappa shape index (κ1) is 33.2. The number of aldehydes is 1. The minimum absolute atomic E-state index is 0. The van der Waals surface area contributed by atoms with Gasteiger partial charge in [-0.25, -0.2) is 9.97 Å². The summed E-state index contributed by atoms with van der Waals surface area (Å²) in [5.74, 6) is 0. The monoisotopic (exact) mass is 422 g/mol. The number of aromatic nitrogens is 3. The molecule has 3 aromatic heterocycles. The Balaban J connectivity index is -0.0000000827. The molecule has 3 radical (unpaired) electrons. The average molecular weight is 422 g/mol. The molecule has 1 N–H and O–H groups in total. The number of aliphatic hydroxyl groups excluding tert-OH is 1. The van der Waals surface area contributed by atoms with Gasteiger partial charge >= 0.3 is 29.6 Å². The zero-order chi connectivity index (χ0) is 16.4. The number of nitrogens with zero attached hydrogens (tertiary/aromatic N) is 3. The van der Waals surface area contributed by atoms with Crippen molar-refractivity contribution in [2.75, 3.05) is 0 Å². The van der Waals surface area contributed by atoms with Gasteiger partial charge in [0.1, 0.15) is 5.01 Å². The Bertz CT molecular complexity index is 682. The van der Waals surface area contributed by atoms with Crippen LogP contribution in [0.3, 0.4) is 0 Å². The van der Waals surface area contributed by atoms with Gasteiger partial charge in [0.15, 0.2) is 11.3 Å². The summed E-state index contributed by atoms with van der Waals surface area (Å²) in [6.45, 7) is 5.83. The summed E-state index contributed by atoms with van der Waals surface area (Å²) < 4.78 is 0. The van der Waals surface area contributed by atoms with Crippen molar-refractivity contribution in [1.29, 1.82) is 0 Å². The van der Waals surface area contributed by atoms with E-state index in [-0.39, 0.29) is 60.9 Å². The van der Waals surface area contributed by atoms with Crippen LogP contribution in [0.2, 0.25) is 0 Å². The molecule has 5 nitrogen and oxygen atoms in total. The van der Waals surface area contributed by atoms with E-state index in [4.69, 9.17) is 5.11 Å². The van der Waals surface area contributed by atoms with Crippen LogP contribution in [0.25, 0.3) is 0 Å². The van der Waals surface area contributed by atoms with Crippen molar-refractivity contribution in [3.05, 3.63) is 48.7 Å². The molecule has 10 heteroatoms. The van der Waals surface area contributed by atoms with Gasteiger partial charge in [-0.2, -0.15) is 0 Å². The fourth-order valence-electron chi connectivity index (χ4n) is 1.17. The third kappa shape index (κ3) is 14.7. The molecule has 3 heterocycles. The van der Waals surface area contributed by atoms with Crippen LogP contribution in [-0.2, 0) is 6.61 Å². The smallest absolute Gasteiger partial charge is 1.00 e. The Kier molecular flexibility index (Phi) is 24.7. The van der Waals surface area contributed by atoms with Crippen LogP contribution in [0.5, 0.6) is 0 Å². The van der Waals surface area contributed by atoms with Gasteiger partial charge < -0.3 is 6.53 Å². The molecule has 139 valence electrons. The number of hydrogen-bond donors (Lipinski definition) is 1. The van der Waals surface area contributed by atoms with Crippen molar-refractivity contribution in [1.82, 2.24) is 15.0 Å². The number of carbonyl (C=O) groups excluding carboxylic acids is 1. The van der Waals surface area contributed by atoms with Gasteiger partial charge in [0.25, 0.3) is 0 Å². The van der Waals surface area contributed by atoms with E-state index in [1.165, 1.54) is 22.7 Å². The van der Waals surface area contributed by atoms with E-state index >= 15 is 0 Å². The summed E-state index contributed by atoms with van der Waals surface area (Å²) in [5.41, 5.74) is 4.84. The molecular formula is C16H26BN3NaO2S3. The molecule has 0 fully saturated rings. The van der Waals surface area contributed by atoms with Crippen LogP contribution < -0.4 is 29.6 Å². The molecule has 0 saturated carbocycles. The van der Waals surface area contributed by atoms with Crippen LogP contribution in [0.1, 0.15) is 48.2 Å². The minimum Gasteiger partial charge on any atom is -1.00 e. The molecule has 3 aromatic rings. The van der Waals surface area contributed by atoms with E-state index in [0.29, 0.717) is 5.01 Å². The number of aliphatic hydroxyl groups is 1. The van der Waals surface area contributed by atoms with Crippen molar-refractivity contribution in [2.24, 2.45) is 0 Å². The Labute approximate surface area is 194 Å². The molecule has 3 rings (SSSR count). The number of hydrogen-bond acceptors (Lipinski definition) is 8. The number of thiazole rings is 3. The van der Waals surface area contributed by atoms with E-state index < -0.39 is 0 Å². The van der Waals surface area contributed by atoms with Crippen molar-refractivity contribution in [3.63, 3.8) is 0 Å². The molecule has 0 saturated heterocycles. The van der Waals surface area contributed by atoms with E-state index in [1.54, 1.807) is 11.3 Å². The summed E-state index contributed by atoms with van der Waals surface area (Å²) >= 11 is 4.49. The van der Waals surface area contributed by atoms with Crippen LogP contribution in [0.15, 0.2) is 21.7 Å². The SMILES string of the molecule is C.C.Cc1csc(C=O)n1.Cc1csc(CO)n1.Cc1cscn1.[B].[H-].[Na+]. The van der Waals surface area contributed by atoms with Gasteiger partial charge in [-0.3, -0.25) is 9.78 Å². The molecule has 0 spiro atoms. The number of carbonyl (C=O) groups is 1. The molecule has 0 aliphatic carbocycles. The molecule has 0 unspecified atom stereocenters. The Morgan fingerprint density at radius 1 is 1.04 bits per heavy atom. The second kappa shape index (κ2) is 19.3. The number of rotatable bonds is 2. The quantitative estimate of drug-likeness (QED) is 0.502. The van der Waals surface area contributed by atoms with Gasteiger partial charge in [0, 0.05) is 41.6 Å². The fraction of sp³-hybridized carbons (Fsp3) is 0.375. The second-order valence-corrected chi connectivity index (χ2v) is 6.67. The molecule has 0 aromatic carbocycles. The van der Waals surface area contributed by atoms with E-state index in [0.717, 1.165) is 28.4 Å². The predicted molar refractivity (Wildman–Crippen MR) is 112 cm³/mol. The molecule has 0 atom stereocenters. The molecule has 26 heavy (non-hydrogen) atoms. The predicted octanol–water partition coefficient (Wildman–Crippen LogP) is 1.67. The first-order chi connectivity index (χ1) is 10.5. The normalized spacial score (nSPS) is 7.85. The molecule has 0 aliphatic rings. The third-order valence-electron chi connectivity index (χ3n) is 2.10. The van der Waals surface area contributed by atoms with Crippen LogP contribution in [0.4, 0.5) is 0 Å². The van der Waals surface area contributed by atoms with E-state index in [1.807, 2.05) is 42.4 Å². The van der Waals surface area contributed by atoms with Gasteiger partial charge in [-0.05, 0) is 20.8 Å². The van der Waals surface area contributed by atoms with E-state index in [9.17, 15) is 4.79 Å². The molecular weight excluding hydrogens is 396 g/mol. The van der Waals surface area contributed by atoms with Crippen molar-refractivity contribution in [2.45, 2.75) is 42.2 Å². The topological polar surface area (TPSA) is 76.0 Å². The Hall–Kier alpha value is -0.415. The molecule has 0 amide bonds. The summed E-state index contributed by atoms with van der Waals surface area (Å²) in [6.07, 6.45) is 0.762. The minimum atomic E-state index is 0. The first-order valence-corrected chi connectivity index (χ1v) is 8.99. The standard InChI is InChI=1S/C5H7NOS.C5H5NOS.C4H5NS.2CH4.B.Na.H/c2*1-4-3-8-5(2-7)6-4;1-4-2-6-3-5-4;;;;;/h3,7H,2H2,1H3;2-3H,1H3;2-3H,1H3;2*1H4;;;/q;;;;;;+1;-1. The third-order valence-corrected chi connectivity index (χ3v) is 4.64. The largest absolute Gasteiger partial charge is 1.00 e. The van der Waals surface area contributed by atoms with Gasteiger partial charge in [0.2, 0.25) is 0 Å². The first-order valence-electron chi connectivity index (χ1n) is 6.29. The van der Waals surface area contributed by atoms with Gasteiger partial charge in [0.05, 0.1) is 12.1 Å². The fourth-order valence-corrected chi connectivity index (χ4v) is 2.95. The van der Waals surface area contributed by atoms with Crippen LogP contribution >= 0.6 is 34.0 Å². The van der Waals surface area contributed by atoms with Crippen LogP contribution in [0, 0.1) is 20.8 Å². The summed E-state index contributed by atoms with van der Waals surface area (Å²) in [4.78, 5) is 21.8. The van der Waals surface area contributed by atoms with Crippen molar-refractivity contribution in [3.8, 4) is 0 Å². The average Bonchev–Trinajstić information content (AvgIpc) is 3.23. The zero-order valence-electron chi connectivity index (χ0n) is 15.1. The maximum Gasteiger partial charge on any atom is 1.00 e. The molecule has 0 aliphatic heterocycles. The van der Waals surface area contributed by atoms with Gasteiger partial charge in [-0.1, -0.05) is 14.9 Å². The summed E-state index contributed by atoms with van der Waals surface area (Å²) in [7, 11) is 0. The maximum absolute atomic E-state index is 9.97. The van der Waals surface area contributed by atoms with Crippen molar-refractivity contribution < 1.29 is 40.9 Å². The van der Waals surface area contributed by atoms with Gasteiger partial charge in [-0.15, -0.1) is 34.0 Å². The number of aryl methyl sites for hydroxylation is 3. The second-order valence-electron chi connectivity index (χ2n) is 4.12. The molecule has 0 bridgehead atoms.